The van der Waals surface area contributed by atoms with Gasteiger partial charge >= 0.3 is 0 Å². The monoisotopic (exact) mass is 305 g/mol. The van der Waals surface area contributed by atoms with Crippen molar-refractivity contribution in [3.63, 3.8) is 0 Å². The lowest BCUT2D eigenvalue weighted by Gasteiger charge is -2.05. The zero-order valence-electron chi connectivity index (χ0n) is 10.9. The molecule has 0 amide bonds. The Morgan fingerprint density at radius 2 is 1.90 bits per heavy atom. The fraction of sp³-hybridized carbons (Fsp3) is 0.154. The van der Waals surface area contributed by atoms with Gasteiger partial charge in [-0.15, -0.1) is 16.4 Å². The lowest BCUT2D eigenvalue weighted by molar-refractivity contribution is 0.356. The molecule has 0 atom stereocenters. The summed E-state index contributed by atoms with van der Waals surface area (Å²) in [4.78, 5) is 4.55. The summed E-state index contributed by atoms with van der Waals surface area (Å²) in [6.45, 7) is 0. The van der Waals surface area contributed by atoms with E-state index in [4.69, 9.17) is 9.47 Å². The van der Waals surface area contributed by atoms with Gasteiger partial charge in [0.2, 0.25) is 0 Å². The van der Waals surface area contributed by atoms with Gasteiger partial charge in [0, 0.05) is 17.5 Å². The Labute approximate surface area is 123 Å². The van der Waals surface area contributed by atoms with Crippen molar-refractivity contribution < 1.29 is 9.47 Å². The molecule has 0 radical (unpaired) electrons. The summed E-state index contributed by atoms with van der Waals surface area (Å²) in [5.74, 6) is 1.40. The van der Waals surface area contributed by atoms with Crippen LogP contribution in [-0.4, -0.2) is 28.8 Å². The second kappa shape index (κ2) is 5.56. The zero-order chi connectivity index (χ0) is 13.9. The smallest absolute Gasteiger partial charge is 0.162 e. The summed E-state index contributed by atoms with van der Waals surface area (Å²) in [7, 11) is 3.24. The van der Waals surface area contributed by atoms with Crippen LogP contribution in [0, 0.1) is 0 Å². The Kier molecular flexibility index (Phi) is 3.62. The van der Waals surface area contributed by atoms with Crippen LogP contribution in [0.4, 0.5) is 0 Å². The van der Waals surface area contributed by atoms with Gasteiger partial charge in [-0.1, -0.05) is 4.49 Å². The molecule has 0 aliphatic heterocycles. The molecule has 7 heteroatoms. The molecule has 2 aromatic heterocycles. The molecule has 0 fully saturated rings. The molecule has 0 spiro atoms. The predicted octanol–water partition coefficient (Wildman–Crippen LogP) is 3.34. The molecule has 0 saturated carbocycles. The highest BCUT2D eigenvalue weighted by atomic mass is 32.1. The van der Waals surface area contributed by atoms with Crippen LogP contribution in [0.15, 0.2) is 17.5 Å². The average molecular weight is 305 g/mol. The third-order valence-electron chi connectivity index (χ3n) is 2.68. The number of hydrogen-bond donors (Lipinski definition) is 0. The van der Waals surface area contributed by atoms with Crippen molar-refractivity contribution in [2.24, 2.45) is 0 Å². The van der Waals surface area contributed by atoms with Crippen molar-refractivity contribution in [3.8, 4) is 11.5 Å². The molecule has 0 aliphatic rings. The standard InChI is InChI=1S/C13H11N3O2S2/c1-17-10-5-9-12(6-11(10)18-2)20-13(14-9)4-3-8-7-19-16-15-8/h3-7H,1-2H3/b4-3-. The normalized spacial score (nSPS) is 11.3. The molecule has 0 aliphatic carbocycles. The van der Waals surface area contributed by atoms with E-state index in [0.29, 0.717) is 11.5 Å². The van der Waals surface area contributed by atoms with Gasteiger partial charge in [0.1, 0.15) is 5.01 Å². The number of ether oxygens (including phenoxy) is 2. The predicted molar refractivity (Wildman–Crippen MR) is 81.6 cm³/mol. The number of aromatic nitrogens is 3. The Morgan fingerprint density at radius 3 is 2.60 bits per heavy atom. The maximum atomic E-state index is 5.29. The van der Waals surface area contributed by atoms with Crippen LogP contribution in [0.2, 0.25) is 0 Å². The van der Waals surface area contributed by atoms with Gasteiger partial charge < -0.3 is 9.47 Å². The highest BCUT2D eigenvalue weighted by Gasteiger charge is 2.09. The Hall–Kier alpha value is -1.99. The quantitative estimate of drug-likeness (QED) is 0.740. The summed E-state index contributed by atoms with van der Waals surface area (Å²) in [5.41, 5.74) is 1.73. The molecule has 0 saturated heterocycles. The fourth-order valence-corrected chi connectivity index (χ4v) is 3.05. The van der Waals surface area contributed by atoms with E-state index in [0.717, 1.165) is 20.9 Å². The average Bonchev–Trinajstić information content (AvgIpc) is 3.11. The van der Waals surface area contributed by atoms with Crippen LogP contribution in [0.5, 0.6) is 11.5 Å². The maximum absolute atomic E-state index is 5.29. The summed E-state index contributed by atoms with van der Waals surface area (Å²) < 4.78 is 15.4. The van der Waals surface area contributed by atoms with Gasteiger partial charge in [-0.05, 0) is 23.7 Å². The van der Waals surface area contributed by atoms with Gasteiger partial charge in [0.15, 0.2) is 11.5 Å². The maximum Gasteiger partial charge on any atom is 0.162 e. The van der Waals surface area contributed by atoms with Gasteiger partial charge in [-0.25, -0.2) is 4.98 Å². The Morgan fingerprint density at radius 1 is 1.10 bits per heavy atom. The third-order valence-corrected chi connectivity index (χ3v) is 4.19. The molecule has 0 bridgehead atoms. The number of fused-ring (bicyclic) bond motifs is 1. The number of thiazole rings is 1. The Bertz CT molecular complexity index is 709. The van der Waals surface area contributed by atoms with E-state index in [2.05, 4.69) is 14.6 Å². The lowest BCUT2D eigenvalue weighted by Crippen LogP contribution is -1.89. The lowest BCUT2D eigenvalue weighted by atomic mass is 10.3. The second-order valence-corrected chi connectivity index (χ2v) is 5.56. The van der Waals surface area contributed by atoms with Crippen molar-refractivity contribution in [2.75, 3.05) is 14.2 Å². The molecular weight excluding hydrogens is 294 g/mol. The molecule has 20 heavy (non-hydrogen) atoms. The molecule has 102 valence electrons. The first kappa shape index (κ1) is 13.0. The zero-order valence-corrected chi connectivity index (χ0v) is 12.5. The molecule has 5 nitrogen and oxygen atoms in total. The minimum absolute atomic E-state index is 0.685. The molecular formula is C13H11N3O2S2. The Balaban J connectivity index is 1.98. The minimum atomic E-state index is 0.685. The van der Waals surface area contributed by atoms with Crippen molar-refractivity contribution in [2.45, 2.75) is 0 Å². The second-order valence-electron chi connectivity index (χ2n) is 3.89. The van der Waals surface area contributed by atoms with Gasteiger partial charge in [0.25, 0.3) is 0 Å². The van der Waals surface area contributed by atoms with E-state index in [1.807, 2.05) is 29.7 Å². The highest BCUT2D eigenvalue weighted by Crippen LogP contribution is 2.35. The van der Waals surface area contributed by atoms with Gasteiger partial charge in [-0.2, -0.15) is 0 Å². The summed E-state index contributed by atoms with van der Waals surface area (Å²) in [6.07, 6.45) is 3.83. The third kappa shape index (κ3) is 2.50. The largest absolute Gasteiger partial charge is 0.493 e. The van der Waals surface area contributed by atoms with E-state index in [-0.39, 0.29) is 0 Å². The topological polar surface area (TPSA) is 57.1 Å². The van der Waals surface area contributed by atoms with E-state index in [1.165, 1.54) is 11.5 Å². The molecule has 3 aromatic rings. The highest BCUT2D eigenvalue weighted by molar-refractivity contribution is 7.19. The van der Waals surface area contributed by atoms with Crippen molar-refractivity contribution in [1.82, 2.24) is 14.6 Å². The van der Waals surface area contributed by atoms with Crippen molar-refractivity contribution >= 4 is 45.2 Å². The van der Waals surface area contributed by atoms with E-state index in [1.54, 1.807) is 25.6 Å². The first-order valence-electron chi connectivity index (χ1n) is 5.78. The van der Waals surface area contributed by atoms with E-state index >= 15 is 0 Å². The van der Waals surface area contributed by atoms with Gasteiger partial charge in [-0.3, -0.25) is 0 Å². The minimum Gasteiger partial charge on any atom is -0.493 e. The van der Waals surface area contributed by atoms with Crippen LogP contribution < -0.4 is 9.47 Å². The van der Waals surface area contributed by atoms with Crippen LogP contribution in [-0.2, 0) is 0 Å². The number of methoxy groups -OCH3 is 2. The molecule has 2 heterocycles. The molecule has 0 unspecified atom stereocenters. The summed E-state index contributed by atoms with van der Waals surface area (Å²) in [6, 6.07) is 3.82. The summed E-state index contributed by atoms with van der Waals surface area (Å²) >= 11 is 2.92. The molecule has 0 N–H and O–H groups in total. The number of rotatable bonds is 4. The van der Waals surface area contributed by atoms with Crippen molar-refractivity contribution in [3.05, 3.63) is 28.2 Å². The fourth-order valence-electron chi connectivity index (χ4n) is 1.75. The van der Waals surface area contributed by atoms with Crippen LogP contribution >= 0.6 is 22.9 Å². The first-order valence-corrected chi connectivity index (χ1v) is 7.43. The number of benzene rings is 1. The van der Waals surface area contributed by atoms with Crippen LogP contribution in [0.3, 0.4) is 0 Å². The molecule has 3 rings (SSSR count). The number of nitrogens with zero attached hydrogens (tertiary/aromatic N) is 3. The van der Waals surface area contributed by atoms with Crippen molar-refractivity contribution in [1.29, 1.82) is 0 Å². The van der Waals surface area contributed by atoms with Crippen LogP contribution in [0.1, 0.15) is 10.7 Å². The molecule has 1 aromatic carbocycles. The summed E-state index contributed by atoms with van der Waals surface area (Å²) in [5, 5.41) is 6.75. The van der Waals surface area contributed by atoms with Crippen LogP contribution in [0.25, 0.3) is 22.4 Å². The first-order chi connectivity index (χ1) is 9.80. The number of hydrogen-bond acceptors (Lipinski definition) is 7. The van der Waals surface area contributed by atoms with Gasteiger partial charge in [0.05, 0.1) is 30.1 Å². The van der Waals surface area contributed by atoms with E-state index in [9.17, 15) is 0 Å². The van der Waals surface area contributed by atoms with E-state index < -0.39 is 0 Å². The SMILES string of the molecule is COc1cc2nc(/C=C\c3csnn3)sc2cc1OC.